The minimum absolute atomic E-state index is 0.450. The minimum atomic E-state index is 0.450. The van der Waals surface area contributed by atoms with Crippen molar-refractivity contribution in [3.63, 3.8) is 0 Å². The molecule has 5 nitrogen and oxygen atoms in total. The zero-order valence-electron chi connectivity index (χ0n) is 9.17. The van der Waals surface area contributed by atoms with E-state index in [-0.39, 0.29) is 0 Å². The normalized spacial score (nSPS) is 9.59. The Labute approximate surface area is 99.2 Å². The molecule has 1 N–H and O–H groups in total. The molecule has 0 aliphatic heterocycles. The van der Waals surface area contributed by atoms with Gasteiger partial charge in [-0.15, -0.1) is 10.2 Å². The summed E-state index contributed by atoms with van der Waals surface area (Å²) >= 11 is 0. The summed E-state index contributed by atoms with van der Waals surface area (Å²) in [6, 6.07) is 9.56. The fourth-order valence-electron chi connectivity index (χ4n) is 1.34. The van der Waals surface area contributed by atoms with Crippen molar-refractivity contribution in [1.82, 2.24) is 15.2 Å². The van der Waals surface area contributed by atoms with E-state index in [9.17, 15) is 0 Å². The van der Waals surface area contributed by atoms with Gasteiger partial charge in [0, 0.05) is 24.5 Å². The van der Waals surface area contributed by atoms with Gasteiger partial charge < -0.3 is 5.32 Å². The molecule has 0 aliphatic carbocycles. The van der Waals surface area contributed by atoms with Gasteiger partial charge in [-0.1, -0.05) is 0 Å². The van der Waals surface area contributed by atoms with Crippen LogP contribution in [0.2, 0.25) is 0 Å². The van der Waals surface area contributed by atoms with Crippen LogP contribution >= 0.6 is 0 Å². The fourth-order valence-corrected chi connectivity index (χ4v) is 1.34. The van der Waals surface area contributed by atoms with Gasteiger partial charge in [-0.2, -0.15) is 5.26 Å². The van der Waals surface area contributed by atoms with Crippen molar-refractivity contribution in [3.05, 3.63) is 36.7 Å². The van der Waals surface area contributed by atoms with E-state index >= 15 is 0 Å². The molecule has 0 spiro atoms. The highest BCUT2D eigenvalue weighted by Crippen LogP contribution is 2.14. The first kappa shape index (κ1) is 11.0. The third-order valence-electron chi connectivity index (χ3n) is 2.16. The zero-order chi connectivity index (χ0) is 11.9. The van der Waals surface area contributed by atoms with E-state index in [2.05, 4.69) is 26.6 Å². The highest BCUT2D eigenvalue weighted by atomic mass is 15.2. The van der Waals surface area contributed by atoms with Crippen LogP contribution in [0.3, 0.4) is 0 Å². The highest BCUT2D eigenvalue weighted by Gasteiger charge is 2.00. The van der Waals surface area contributed by atoms with Crippen molar-refractivity contribution in [2.24, 2.45) is 0 Å². The van der Waals surface area contributed by atoms with Crippen LogP contribution in [0.4, 0.5) is 5.82 Å². The first-order chi connectivity index (χ1) is 8.40. The van der Waals surface area contributed by atoms with Gasteiger partial charge >= 0.3 is 0 Å². The first-order valence-electron chi connectivity index (χ1n) is 5.25. The standard InChI is InChI=1S/C12H11N5/c13-6-2-8-15-12-5-4-11(16-17-12)10-3-1-7-14-9-10/h1,3-5,7,9H,2,8H2,(H,15,17). The third-order valence-corrected chi connectivity index (χ3v) is 2.16. The lowest BCUT2D eigenvalue weighted by Crippen LogP contribution is -2.03. The van der Waals surface area contributed by atoms with Gasteiger partial charge in [0.05, 0.1) is 18.2 Å². The summed E-state index contributed by atoms with van der Waals surface area (Å²) in [5.41, 5.74) is 1.72. The van der Waals surface area contributed by atoms with Crippen LogP contribution in [0.5, 0.6) is 0 Å². The Morgan fingerprint density at radius 1 is 1.24 bits per heavy atom. The van der Waals surface area contributed by atoms with Gasteiger partial charge in [0.2, 0.25) is 0 Å². The lowest BCUT2D eigenvalue weighted by molar-refractivity contribution is 0.991. The molecule has 5 heteroatoms. The summed E-state index contributed by atoms with van der Waals surface area (Å²) in [5, 5.41) is 19.5. The summed E-state index contributed by atoms with van der Waals surface area (Å²) in [4.78, 5) is 4.02. The molecule has 2 aromatic rings. The molecule has 2 rings (SSSR count). The number of aromatic nitrogens is 3. The second-order valence-electron chi connectivity index (χ2n) is 3.38. The molecule has 2 aromatic heterocycles. The predicted molar refractivity (Wildman–Crippen MR) is 64.0 cm³/mol. The minimum Gasteiger partial charge on any atom is -0.368 e. The van der Waals surface area contributed by atoms with E-state index in [1.807, 2.05) is 24.3 Å². The smallest absolute Gasteiger partial charge is 0.148 e. The molecule has 17 heavy (non-hydrogen) atoms. The number of nitrogens with zero attached hydrogens (tertiary/aromatic N) is 4. The Hall–Kier alpha value is -2.48. The Morgan fingerprint density at radius 2 is 2.18 bits per heavy atom. The molecule has 0 bridgehead atoms. The van der Waals surface area contributed by atoms with Crippen molar-refractivity contribution in [3.8, 4) is 17.3 Å². The van der Waals surface area contributed by atoms with E-state index in [1.165, 1.54) is 0 Å². The Bertz CT molecular complexity index is 501. The molecular weight excluding hydrogens is 214 g/mol. The average Bonchev–Trinajstić information content (AvgIpc) is 2.41. The molecule has 0 unspecified atom stereocenters. The Kier molecular flexibility index (Phi) is 3.61. The number of hydrogen-bond donors (Lipinski definition) is 1. The topological polar surface area (TPSA) is 74.5 Å². The van der Waals surface area contributed by atoms with Crippen LogP contribution in [-0.4, -0.2) is 21.7 Å². The second-order valence-corrected chi connectivity index (χ2v) is 3.38. The Balaban J connectivity index is 2.06. The number of anilines is 1. The van der Waals surface area contributed by atoms with Crippen LogP contribution in [0.25, 0.3) is 11.3 Å². The maximum absolute atomic E-state index is 8.40. The summed E-state index contributed by atoms with van der Waals surface area (Å²) in [6.07, 6.45) is 3.91. The average molecular weight is 225 g/mol. The summed E-state index contributed by atoms with van der Waals surface area (Å²) in [6.45, 7) is 0.581. The fraction of sp³-hybridized carbons (Fsp3) is 0.167. The summed E-state index contributed by atoms with van der Waals surface area (Å²) < 4.78 is 0. The number of nitriles is 1. The molecule has 2 heterocycles. The molecule has 0 saturated heterocycles. The first-order valence-corrected chi connectivity index (χ1v) is 5.25. The maximum Gasteiger partial charge on any atom is 0.148 e. The van der Waals surface area contributed by atoms with Crippen molar-refractivity contribution < 1.29 is 0 Å². The van der Waals surface area contributed by atoms with Crippen LogP contribution < -0.4 is 5.32 Å². The predicted octanol–water partition coefficient (Wildman–Crippen LogP) is 1.86. The van der Waals surface area contributed by atoms with Crippen molar-refractivity contribution in [2.75, 3.05) is 11.9 Å². The molecule has 0 atom stereocenters. The number of pyridine rings is 1. The quantitative estimate of drug-likeness (QED) is 0.804. The SMILES string of the molecule is N#CCCNc1ccc(-c2cccnc2)nn1. The van der Waals surface area contributed by atoms with Crippen molar-refractivity contribution in [2.45, 2.75) is 6.42 Å². The van der Waals surface area contributed by atoms with E-state index < -0.39 is 0 Å². The van der Waals surface area contributed by atoms with Crippen LogP contribution in [0, 0.1) is 11.3 Å². The monoisotopic (exact) mass is 225 g/mol. The number of rotatable bonds is 4. The van der Waals surface area contributed by atoms with Gasteiger partial charge in [0.15, 0.2) is 0 Å². The maximum atomic E-state index is 8.40. The highest BCUT2D eigenvalue weighted by molar-refractivity contribution is 5.57. The molecule has 0 fully saturated rings. The van der Waals surface area contributed by atoms with Crippen LogP contribution in [0.1, 0.15) is 6.42 Å². The molecule has 84 valence electrons. The molecule has 0 radical (unpaired) electrons. The van der Waals surface area contributed by atoms with Gasteiger partial charge in [0.25, 0.3) is 0 Å². The molecule has 0 saturated carbocycles. The van der Waals surface area contributed by atoms with Gasteiger partial charge in [0.1, 0.15) is 5.82 Å². The van der Waals surface area contributed by atoms with E-state index in [0.717, 1.165) is 11.3 Å². The van der Waals surface area contributed by atoms with E-state index in [0.29, 0.717) is 18.8 Å². The largest absolute Gasteiger partial charge is 0.368 e. The van der Waals surface area contributed by atoms with Gasteiger partial charge in [-0.25, -0.2) is 0 Å². The van der Waals surface area contributed by atoms with Crippen molar-refractivity contribution >= 4 is 5.82 Å². The summed E-state index contributed by atoms with van der Waals surface area (Å²) in [7, 11) is 0. The Morgan fingerprint density at radius 3 is 2.82 bits per heavy atom. The van der Waals surface area contributed by atoms with E-state index in [1.54, 1.807) is 12.4 Å². The van der Waals surface area contributed by atoms with Crippen LogP contribution in [0.15, 0.2) is 36.7 Å². The lowest BCUT2D eigenvalue weighted by atomic mass is 10.2. The van der Waals surface area contributed by atoms with Gasteiger partial charge in [-0.3, -0.25) is 4.98 Å². The number of nitrogens with one attached hydrogen (secondary N) is 1. The molecule has 0 amide bonds. The van der Waals surface area contributed by atoms with Gasteiger partial charge in [-0.05, 0) is 24.3 Å². The third kappa shape index (κ3) is 2.98. The summed E-state index contributed by atoms with van der Waals surface area (Å²) in [5.74, 6) is 0.674. The van der Waals surface area contributed by atoms with E-state index in [4.69, 9.17) is 5.26 Å². The zero-order valence-corrected chi connectivity index (χ0v) is 9.17. The van der Waals surface area contributed by atoms with Crippen molar-refractivity contribution in [1.29, 1.82) is 5.26 Å². The second kappa shape index (κ2) is 5.56. The van der Waals surface area contributed by atoms with Crippen LogP contribution in [-0.2, 0) is 0 Å². The lowest BCUT2D eigenvalue weighted by Gasteiger charge is -2.03. The molecule has 0 aliphatic rings. The molecule has 0 aromatic carbocycles. The molecular formula is C12H11N5. The number of hydrogen-bond acceptors (Lipinski definition) is 5.